The highest BCUT2D eigenvalue weighted by molar-refractivity contribution is 6.30. The van der Waals surface area contributed by atoms with Crippen molar-refractivity contribution in [2.45, 2.75) is 19.8 Å². The molecule has 4 nitrogen and oxygen atoms in total. The number of benzene rings is 1. The summed E-state index contributed by atoms with van der Waals surface area (Å²) in [4.78, 5) is 15.6. The van der Waals surface area contributed by atoms with E-state index in [1.165, 1.54) is 0 Å². The molecule has 2 N–H and O–H groups in total. The lowest BCUT2D eigenvalue weighted by molar-refractivity contribution is 0.0696. The number of rotatable bonds is 4. The van der Waals surface area contributed by atoms with Crippen LogP contribution in [0.2, 0.25) is 5.02 Å². The van der Waals surface area contributed by atoms with E-state index in [-0.39, 0.29) is 11.5 Å². The first-order valence-electron chi connectivity index (χ1n) is 6.24. The first kappa shape index (κ1) is 14.3. The molecule has 0 aliphatic rings. The van der Waals surface area contributed by atoms with Gasteiger partial charge in [0.2, 0.25) is 0 Å². The number of hydrogen-bond acceptors (Lipinski definition) is 3. The number of anilines is 2. The fourth-order valence-electron chi connectivity index (χ4n) is 1.98. The van der Waals surface area contributed by atoms with Crippen molar-refractivity contribution >= 4 is 29.1 Å². The number of aromatic carboxylic acids is 1. The molecule has 104 valence electrons. The number of nitrogens with one attached hydrogen (secondary N) is 1. The molecular weight excluding hydrogens is 276 g/mol. The Balaban J connectivity index is 2.46. The molecule has 0 saturated carbocycles. The molecule has 0 spiro atoms. The van der Waals surface area contributed by atoms with E-state index in [4.69, 9.17) is 11.6 Å². The molecule has 0 bridgehead atoms. The summed E-state index contributed by atoms with van der Waals surface area (Å²) in [7, 11) is 0. The van der Waals surface area contributed by atoms with E-state index in [1.807, 2.05) is 13.8 Å². The number of carbonyl (C=O) groups is 1. The Hall–Kier alpha value is -2.07. The number of hydrogen-bond donors (Lipinski definition) is 2. The first-order valence-corrected chi connectivity index (χ1v) is 6.61. The van der Waals surface area contributed by atoms with Crippen LogP contribution in [0.5, 0.6) is 0 Å². The summed E-state index contributed by atoms with van der Waals surface area (Å²) in [6.45, 7) is 3.90. The summed E-state index contributed by atoms with van der Waals surface area (Å²) in [6, 6.07) is 8.80. The molecule has 0 atom stereocenters. The van der Waals surface area contributed by atoms with Crippen LogP contribution in [0.25, 0.3) is 0 Å². The SMILES string of the molecule is CC(C)c1ccnc(Nc2cccc(Cl)c2)c1C(=O)O. The van der Waals surface area contributed by atoms with Crippen LogP contribution in [-0.2, 0) is 0 Å². The van der Waals surface area contributed by atoms with Crippen LogP contribution >= 0.6 is 11.6 Å². The van der Waals surface area contributed by atoms with Gasteiger partial charge in [-0.2, -0.15) is 0 Å². The standard InChI is InChI=1S/C15H15ClN2O2/c1-9(2)12-6-7-17-14(13(12)15(19)20)18-11-5-3-4-10(16)8-11/h3-9H,1-2H3,(H,17,18)(H,19,20). The number of aromatic nitrogens is 1. The molecular formula is C15H15ClN2O2. The molecule has 0 aliphatic carbocycles. The van der Waals surface area contributed by atoms with Crippen LogP contribution in [0.15, 0.2) is 36.5 Å². The molecule has 0 aliphatic heterocycles. The minimum atomic E-state index is -0.994. The lowest BCUT2D eigenvalue weighted by atomic mass is 9.98. The predicted octanol–water partition coefficient (Wildman–Crippen LogP) is 4.30. The lowest BCUT2D eigenvalue weighted by Crippen LogP contribution is -2.09. The summed E-state index contributed by atoms with van der Waals surface area (Å²) in [5, 5.41) is 13.0. The summed E-state index contributed by atoms with van der Waals surface area (Å²) < 4.78 is 0. The molecule has 0 fully saturated rings. The molecule has 1 aromatic heterocycles. The monoisotopic (exact) mass is 290 g/mol. The second kappa shape index (κ2) is 5.92. The van der Waals surface area contributed by atoms with Gasteiger partial charge in [0.25, 0.3) is 0 Å². The third-order valence-corrected chi connectivity index (χ3v) is 3.14. The molecule has 0 unspecified atom stereocenters. The fourth-order valence-corrected chi connectivity index (χ4v) is 2.17. The second-order valence-electron chi connectivity index (χ2n) is 4.72. The summed E-state index contributed by atoms with van der Waals surface area (Å²) in [5.74, 6) is -0.568. The van der Waals surface area contributed by atoms with Crippen LogP contribution in [0, 0.1) is 0 Å². The third-order valence-electron chi connectivity index (χ3n) is 2.91. The highest BCUT2D eigenvalue weighted by Gasteiger charge is 2.18. The number of pyridine rings is 1. The maximum atomic E-state index is 11.5. The molecule has 20 heavy (non-hydrogen) atoms. The zero-order chi connectivity index (χ0) is 14.7. The van der Waals surface area contributed by atoms with Gasteiger partial charge in [-0.15, -0.1) is 0 Å². The molecule has 2 rings (SSSR count). The third kappa shape index (κ3) is 3.08. The minimum Gasteiger partial charge on any atom is -0.478 e. The van der Waals surface area contributed by atoms with Gasteiger partial charge in [0.15, 0.2) is 0 Å². The van der Waals surface area contributed by atoms with Crippen molar-refractivity contribution in [2.75, 3.05) is 5.32 Å². The Morgan fingerprint density at radius 3 is 2.70 bits per heavy atom. The molecule has 0 saturated heterocycles. The van der Waals surface area contributed by atoms with Crippen molar-refractivity contribution in [3.63, 3.8) is 0 Å². The Kier molecular flexibility index (Phi) is 4.25. The van der Waals surface area contributed by atoms with Gasteiger partial charge in [0, 0.05) is 16.9 Å². The largest absolute Gasteiger partial charge is 0.478 e. The molecule has 0 amide bonds. The number of nitrogens with zero attached hydrogens (tertiary/aromatic N) is 1. The first-order chi connectivity index (χ1) is 9.49. The van der Waals surface area contributed by atoms with Crippen LogP contribution in [0.4, 0.5) is 11.5 Å². The quantitative estimate of drug-likeness (QED) is 0.881. The summed E-state index contributed by atoms with van der Waals surface area (Å²) in [5.41, 5.74) is 1.65. The summed E-state index contributed by atoms with van der Waals surface area (Å²) >= 11 is 5.92. The Morgan fingerprint density at radius 1 is 1.35 bits per heavy atom. The van der Waals surface area contributed by atoms with E-state index in [1.54, 1.807) is 36.5 Å². The lowest BCUT2D eigenvalue weighted by Gasteiger charge is -2.14. The van der Waals surface area contributed by atoms with Gasteiger partial charge < -0.3 is 10.4 Å². The average Bonchev–Trinajstić information content (AvgIpc) is 2.38. The minimum absolute atomic E-state index is 0.101. The van der Waals surface area contributed by atoms with Crippen molar-refractivity contribution in [1.82, 2.24) is 4.98 Å². The zero-order valence-corrected chi connectivity index (χ0v) is 12.0. The summed E-state index contributed by atoms with van der Waals surface area (Å²) in [6.07, 6.45) is 1.61. The highest BCUT2D eigenvalue weighted by atomic mass is 35.5. The van der Waals surface area contributed by atoms with E-state index in [0.717, 1.165) is 5.56 Å². The Labute approximate surface area is 122 Å². The van der Waals surface area contributed by atoms with Gasteiger partial charge in [-0.3, -0.25) is 0 Å². The van der Waals surface area contributed by atoms with Gasteiger partial charge in [-0.05, 0) is 35.7 Å². The van der Waals surface area contributed by atoms with E-state index in [9.17, 15) is 9.90 Å². The van der Waals surface area contributed by atoms with Gasteiger partial charge in [0.1, 0.15) is 11.4 Å². The van der Waals surface area contributed by atoms with E-state index in [2.05, 4.69) is 10.3 Å². The predicted molar refractivity (Wildman–Crippen MR) is 80.0 cm³/mol. The second-order valence-corrected chi connectivity index (χ2v) is 5.16. The van der Waals surface area contributed by atoms with Crippen molar-refractivity contribution < 1.29 is 9.90 Å². The molecule has 0 radical (unpaired) electrons. The maximum absolute atomic E-state index is 11.5. The Morgan fingerprint density at radius 2 is 2.10 bits per heavy atom. The van der Waals surface area contributed by atoms with Gasteiger partial charge in [-0.25, -0.2) is 9.78 Å². The maximum Gasteiger partial charge on any atom is 0.339 e. The number of halogens is 1. The van der Waals surface area contributed by atoms with Gasteiger partial charge >= 0.3 is 5.97 Å². The topological polar surface area (TPSA) is 62.2 Å². The van der Waals surface area contributed by atoms with Crippen LogP contribution in [0.3, 0.4) is 0 Å². The molecule has 1 heterocycles. The number of carboxylic acids is 1. The van der Waals surface area contributed by atoms with Crippen molar-refractivity contribution in [2.24, 2.45) is 0 Å². The van der Waals surface area contributed by atoms with Crippen molar-refractivity contribution in [3.05, 3.63) is 52.7 Å². The van der Waals surface area contributed by atoms with Crippen molar-refractivity contribution in [3.8, 4) is 0 Å². The smallest absolute Gasteiger partial charge is 0.339 e. The van der Waals surface area contributed by atoms with E-state index < -0.39 is 5.97 Å². The molecule has 5 heteroatoms. The number of carboxylic acid groups (broad SMARTS) is 1. The Bertz CT molecular complexity index is 642. The van der Waals surface area contributed by atoms with Gasteiger partial charge in [0.05, 0.1) is 0 Å². The molecule has 1 aromatic carbocycles. The van der Waals surface area contributed by atoms with Gasteiger partial charge in [-0.1, -0.05) is 31.5 Å². The van der Waals surface area contributed by atoms with E-state index >= 15 is 0 Å². The van der Waals surface area contributed by atoms with Crippen molar-refractivity contribution in [1.29, 1.82) is 0 Å². The van der Waals surface area contributed by atoms with Crippen LogP contribution in [0.1, 0.15) is 35.7 Å². The zero-order valence-electron chi connectivity index (χ0n) is 11.2. The van der Waals surface area contributed by atoms with Crippen LogP contribution in [-0.4, -0.2) is 16.1 Å². The fraction of sp³-hybridized carbons (Fsp3) is 0.200. The van der Waals surface area contributed by atoms with E-state index in [0.29, 0.717) is 16.5 Å². The average molecular weight is 291 g/mol. The molecule has 2 aromatic rings. The highest BCUT2D eigenvalue weighted by Crippen LogP contribution is 2.27. The normalized spacial score (nSPS) is 10.6. The van der Waals surface area contributed by atoms with Crippen LogP contribution < -0.4 is 5.32 Å².